The maximum absolute atomic E-state index is 9.36. The molecule has 2 aromatic heterocycles. The molecule has 0 aliphatic rings. The van der Waals surface area contributed by atoms with Gasteiger partial charge < -0.3 is 10.4 Å². The summed E-state index contributed by atoms with van der Waals surface area (Å²) < 4.78 is 0. The van der Waals surface area contributed by atoms with Gasteiger partial charge in [0.15, 0.2) is 0 Å². The van der Waals surface area contributed by atoms with Crippen molar-refractivity contribution in [1.82, 2.24) is 15.0 Å². The molecule has 5 heteroatoms. The average Bonchev–Trinajstić information content (AvgIpc) is 2.45. The summed E-state index contributed by atoms with van der Waals surface area (Å²) in [6, 6.07) is 5.80. The van der Waals surface area contributed by atoms with Gasteiger partial charge in [0.2, 0.25) is 0 Å². The number of aromatic nitrogens is 3. The van der Waals surface area contributed by atoms with Crippen molar-refractivity contribution in [2.24, 2.45) is 5.92 Å². The maximum atomic E-state index is 9.36. The van der Waals surface area contributed by atoms with Gasteiger partial charge in [0.1, 0.15) is 5.82 Å². The SMILES string of the molecule is OCC(CNc1cnccn1)Cc1ccccn1. The molecule has 1 atom stereocenters. The number of pyridine rings is 1. The number of hydrogen-bond acceptors (Lipinski definition) is 5. The Morgan fingerprint density at radius 1 is 1.17 bits per heavy atom. The van der Waals surface area contributed by atoms with E-state index in [1.807, 2.05) is 18.2 Å². The van der Waals surface area contributed by atoms with Crippen molar-refractivity contribution < 1.29 is 5.11 Å². The third-order valence-corrected chi connectivity index (χ3v) is 2.62. The number of aliphatic hydroxyl groups excluding tert-OH is 1. The van der Waals surface area contributed by atoms with Crippen LogP contribution in [-0.2, 0) is 6.42 Å². The highest BCUT2D eigenvalue weighted by atomic mass is 16.3. The van der Waals surface area contributed by atoms with Crippen LogP contribution >= 0.6 is 0 Å². The lowest BCUT2D eigenvalue weighted by atomic mass is 10.0. The number of hydrogen-bond donors (Lipinski definition) is 2. The summed E-state index contributed by atoms with van der Waals surface area (Å²) in [4.78, 5) is 12.3. The van der Waals surface area contributed by atoms with E-state index in [4.69, 9.17) is 0 Å². The fraction of sp³-hybridized carbons (Fsp3) is 0.308. The number of rotatable bonds is 6. The van der Waals surface area contributed by atoms with Crippen LogP contribution in [0.3, 0.4) is 0 Å². The highest BCUT2D eigenvalue weighted by Crippen LogP contribution is 2.07. The van der Waals surface area contributed by atoms with Crippen LogP contribution in [0.2, 0.25) is 0 Å². The Kier molecular flexibility index (Phi) is 4.60. The van der Waals surface area contributed by atoms with Crippen molar-refractivity contribution in [3.63, 3.8) is 0 Å². The van der Waals surface area contributed by atoms with E-state index in [1.165, 1.54) is 0 Å². The maximum Gasteiger partial charge on any atom is 0.144 e. The molecule has 0 aromatic carbocycles. The molecule has 0 radical (unpaired) electrons. The van der Waals surface area contributed by atoms with Crippen LogP contribution in [0.1, 0.15) is 5.69 Å². The topological polar surface area (TPSA) is 70.9 Å². The predicted octanol–water partition coefficient (Wildman–Crippen LogP) is 1.13. The molecule has 0 saturated carbocycles. The van der Waals surface area contributed by atoms with Gasteiger partial charge in [-0.15, -0.1) is 0 Å². The molecule has 0 bridgehead atoms. The van der Waals surface area contributed by atoms with Crippen molar-refractivity contribution in [3.05, 3.63) is 48.7 Å². The molecule has 0 amide bonds. The van der Waals surface area contributed by atoms with Crippen molar-refractivity contribution in [3.8, 4) is 0 Å². The van der Waals surface area contributed by atoms with Crippen molar-refractivity contribution in [2.45, 2.75) is 6.42 Å². The molecule has 1 unspecified atom stereocenters. The van der Waals surface area contributed by atoms with Gasteiger partial charge in [0.25, 0.3) is 0 Å². The van der Waals surface area contributed by atoms with Gasteiger partial charge in [-0.05, 0) is 18.6 Å². The molecule has 94 valence electrons. The summed E-state index contributed by atoms with van der Waals surface area (Å²) in [6.45, 7) is 0.760. The second kappa shape index (κ2) is 6.66. The van der Waals surface area contributed by atoms with Crippen molar-refractivity contribution in [1.29, 1.82) is 0 Å². The molecule has 0 aliphatic carbocycles. The van der Waals surface area contributed by atoms with Crippen LogP contribution in [0.15, 0.2) is 43.0 Å². The molecule has 2 heterocycles. The molecule has 0 aliphatic heterocycles. The van der Waals surface area contributed by atoms with Crippen LogP contribution in [0.5, 0.6) is 0 Å². The van der Waals surface area contributed by atoms with Crippen LogP contribution < -0.4 is 5.32 Å². The number of nitrogens with one attached hydrogen (secondary N) is 1. The lowest BCUT2D eigenvalue weighted by molar-refractivity contribution is 0.232. The zero-order valence-corrected chi connectivity index (χ0v) is 10.0. The summed E-state index contributed by atoms with van der Waals surface area (Å²) >= 11 is 0. The fourth-order valence-electron chi connectivity index (χ4n) is 1.66. The standard InChI is InChI=1S/C13H16N4O/c18-10-11(7-12-3-1-2-4-15-12)8-17-13-9-14-5-6-16-13/h1-6,9,11,18H,7-8,10H2,(H,16,17). The Morgan fingerprint density at radius 3 is 2.78 bits per heavy atom. The Bertz CT molecular complexity index is 449. The predicted molar refractivity (Wildman–Crippen MR) is 69.0 cm³/mol. The molecule has 0 fully saturated rings. The van der Waals surface area contributed by atoms with Gasteiger partial charge in [-0.2, -0.15) is 0 Å². The highest BCUT2D eigenvalue weighted by Gasteiger charge is 2.09. The third-order valence-electron chi connectivity index (χ3n) is 2.62. The first-order chi connectivity index (χ1) is 8.88. The van der Waals surface area contributed by atoms with Crippen molar-refractivity contribution >= 4 is 5.82 Å². The first-order valence-electron chi connectivity index (χ1n) is 5.89. The molecular weight excluding hydrogens is 228 g/mol. The van der Waals surface area contributed by atoms with Crippen molar-refractivity contribution in [2.75, 3.05) is 18.5 Å². The molecule has 18 heavy (non-hydrogen) atoms. The van der Waals surface area contributed by atoms with E-state index in [-0.39, 0.29) is 12.5 Å². The summed E-state index contributed by atoms with van der Waals surface area (Å²) in [5, 5.41) is 12.5. The second-order valence-electron chi connectivity index (χ2n) is 4.05. The van der Waals surface area contributed by atoms with Gasteiger partial charge in [0, 0.05) is 43.4 Å². The van der Waals surface area contributed by atoms with E-state index >= 15 is 0 Å². The van der Waals surface area contributed by atoms with Crippen LogP contribution in [0.4, 0.5) is 5.82 Å². The van der Waals surface area contributed by atoms with Crippen LogP contribution in [0, 0.1) is 5.92 Å². The van der Waals surface area contributed by atoms with E-state index in [9.17, 15) is 5.11 Å². The van der Waals surface area contributed by atoms with Gasteiger partial charge in [0.05, 0.1) is 6.20 Å². The lowest BCUT2D eigenvalue weighted by Crippen LogP contribution is -2.21. The first kappa shape index (κ1) is 12.4. The average molecular weight is 244 g/mol. The summed E-state index contributed by atoms with van der Waals surface area (Å²) in [5.74, 6) is 0.832. The van der Waals surface area contributed by atoms with Gasteiger partial charge >= 0.3 is 0 Å². The number of anilines is 1. The van der Waals surface area contributed by atoms with E-state index in [1.54, 1.807) is 24.8 Å². The second-order valence-corrected chi connectivity index (χ2v) is 4.05. The summed E-state index contributed by atoms with van der Waals surface area (Å²) in [7, 11) is 0. The van der Waals surface area contributed by atoms with Gasteiger partial charge in [-0.25, -0.2) is 4.98 Å². The van der Waals surface area contributed by atoms with Crippen LogP contribution in [-0.4, -0.2) is 33.2 Å². The lowest BCUT2D eigenvalue weighted by Gasteiger charge is -2.14. The smallest absolute Gasteiger partial charge is 0.144 e. The van der Waals surface area contributed by atoms with E-state index < -0.39 is 0 Å². The Labute approximate surface area is 106 Å². The van der Waals surface area contributed by atoms with Gasteiger partial charge in [-0.3, -0.25) is 9.97 Å². The first-order valence-corrected chi connectivity index (χ1v) is 5.89. The molecule has 2 rings (SSSR count). The molecule has 2 aromatic rings. The third kappa shape index (κ3) is 3.78. The van der Waals surface area contributed by atoms with Crippen LogP contribution in [0.25, 0.3) is 0 Å². The van der Waals surface area contributed by atoms with E-state index in [0.29, 0.717) is 6.54 Å². The zero-order valence-electron chi connectivity index (χ0n) is 10.0. The quantitative estimate of drug-likeness (QED) is 0.797. The normalized spacial score (nSPS) is 12.1. The molecular formula is C13H16N4O. The van der Waals surface area contributed by atoms with E-state index in [0.717, 1.165) is 17.9 Å². The summed E-state index contributed by atoms with van der Waals surface area (Å²) in [6.07, 6.45) is 7.43. The Hall–Kier alpha value is -2.01. The Morgan fingerprint density at radius 2 is 2.11 bits per heavy atom. The monoisotopic (exact) mass is 244 g/mol. The fourth-order valence-corrected chi connectivity index (χ4v) is 1.66. The summed E-state index contributed by atoms with van der Waals surface area (Å²) in [5.41, 5.74) is 0.984. The molecule has 0 saturated heterocycles. The Balaban J connectivity index is 1.86. The minimum absolute atomic E-state index is 0.113. The minimum Gasteiger partial charge on any atom is -0.396 e. The van der Waals surface area contributed by atoms with Gasteiger partial charge in [-0.1, -0.05) is 6.07 Å². The largest absolute Gasteiger partial charge is 0.396 e. The molecule has 0 spiro atoms. The molecule has 2 N–H and O–H groups in total. The zero-order chi connectivity index (χ0) is 12.6. The molecule has 5 nitrogen and oxygen atoms in total. The number of nitrogens with zero attached hydrogens (tertiary/aromatic N) is 3. The highest BCUT2D eigenvalue weighted by molar-refractivity contribution is 5.29. The minimum atomic E-state index is 0.113. The number of aliphatic hydroxyl groups is 1. The van der Waals surface area contributed by atoms with E-state index in [2.05, 4.69) is 20.3 Å².